The van der Waals surface area contributed by atoms with Crippen molar-refractivity contribution in [3.63, 3.8) is 0 Å². The monoisotopic (exact) mass is 412 g/mol. The molecule has 2 aliphatic rings. The highest BCUT2D eigenvalue weighted by molar-refractivity contribution is 5.78. The fraction of sp³-hybridized carbons (Fsp3) is 0.500. The Bertz CT molecular complexity index is 914. The number of amides is 1. The molecule has 1 saturated heterocycles. The number of hydrogen-bond donors (Lipinski definition) is 0. The maximum atomic E-state index is 12.6. The fourth-order valence-corrected chi connectivity index (χ4v) is 3.77. The minimum Gasteiger partial charge on any atom is -0.483 e. The van der Waals surface area contributed by atoms with Crippen molar-refractivity contribution >= 4 is 11.7 Å². The third-order valence-corrected chi connectivity index (χ3v) is 5.28. The maximum absolute atomic E-state index is 12.6. The second kappa shape index (κ2) is 8.01. The molecule has 0 saturated carbocycles. The van der Waals surface area contributed by atoms with Gasteiger partial charge >= 0.3 is 0 Å². The molecule has 0 aliphatic carbocycles. The molecule has 0 spiro atoms. The number of carbonyl (C=O) groups excluding carboxylic acids is 1. The van der Waals surface area contributed by atoms with Crippen molar-refractivity contribution < 1.29 is 19.0 Å². The first-order valence-corrected chi connectivity index (χ1v) is 10.2. The number of likely N-dealkylation sites (tertiary alicyclic amines) is 1. The van der Waals surface area contributed by atoms with E-state index >= 15 is 0 Å². The predicted octanol–water partition coefficient (Wildman–Crippen LogP) is 2.31. The molecule has 0 N–H and O–H groups in total. The van der Waals surface area contributed by atoms with E-state index in [0.29, 0.717) is 24.7 Å². The summed E-state index contributed by atoms with van der Waals surface area (Å²) in [6, 6.07) is 9.48. The molecule has 2 aliphatic heterocycles. The molecule has 3 heterocycles. The number of ether oxygens (including phenoxy) is 3. The lowest BCUT2D eigenvalue weighted by Crippen LogP contribution is -2.34. The van der Waals surface area contributed by atoms with Gasteiger partial charge in [0.25, 0.3) is 5.91 Å². The minimum atomic E-state index is -0.251. The Morgan fingerprint density at radius 3 is 2.83 bits per heavy atom. The quantitative estimate of drug-likeness (QED) is 0.721. The van der Waals surface area contributed by atoms with Crippen LogP contribution < -0.4 is 19.1 Å². The summed E-state index contributed by atoms with van der Waals surface area (Å²) in [6.07, 6.45) is 1.48. The number of carbonyl (C=O) groups is 1. The van der Waals surface area contributed by atoms with E-state index in [-0.39, 0.29) is 24.2 Å². The minimum absolute atomic E-state index is 0.0235. The molecule has 1 aromatic carbocycles. The van der Waals surface area contributed by atoms with Gasteiger partial charge in [0.15, 0.2) is 23.9 Å². The van der Waals surface area contributed by atoms with Crippen LogP contribution in [0.15, 0.2) is 30.3 Å². The molecular weight excluding hydrogens is 384 g/mol. The van der Waals surface area contributed by atoms with Crippen LogP contribution in [-0.4, -0.2) is 66.5 Å². The SMILES string of the molecule is CN(C)c1ccc(OC2CCN(C(=O)COc3cccc4c3OC(C)(C)C4)C2)nn1. The van der Waals surface area contributed by atoms with Gasteiger partial charge in [-0.2, -0.15) is 0 Å². The standard InChI is InChI=1S/C22H28N4O4/c1-22(2)12-15-6-5-7-17(21(15)30-22)28-14-20(27)26-11-10-16(13-26)29-19-9-8-18(23-24-19)25(3)4/h5-9,16H,10-14H2,1-4H3. The number of rotatable bonds is 6. The van der Waals surface area contributed by atoms with E-state index in [9.17, 15) is 4.79 Å². The Morgan fingerprint density at radius 1 is 1.27 bits per heavy atom. The van der Waals surface area contributed by atoms with Crippen LogP contribution in [0.5, 0.6) is 17.4 Å². The van der Waals surface area contributed by atoms with Gasteiger partial charge in [0.05, 0.1) is 6.54 Å². The lowest BCUT2D eigenvalue weighted by molar-refractivity contribution is -0.132. The first-order chi connectivity index (χ1) is 14.3. The van der Waals surface area contributed by atoms with Crippen LogP contribution >= 0.6 is 0 Å². The number of benzene rings is 1. The van der Waals surface area contributed by atoms with Gasteiger partial charge in [0.2, 0.25) is 5.88 Å². The van der Waals surface area contributed by atoms with Gasteiger partial charge in [-0.1, -0.05) is 12.1 Å². The van der Waals surface area contributed by atoms with Crippen LogP contribution in [0, 0.1) is 0 Å². The summed E-state index contributed by atoms with van der Waals surface area (Å²) >= 11 is 0. The Kier molecular flexibility index (Phi) is 5.40. The summed E-state index contributed by atoms with van der Waals surface area (Å²) in [5, 5.41) is 8.21. The van der Waals surface area contributed by atoms with Crippen molar-refractivity contribution in [3.05, 3.63) is 35.9 Å². The molecule has 8 nitrogen and oxygen atoms in total. The molecule has 0 radical (unpaired) electrons. The highest BCUT2D eigenvalue weighted by Gasteiger charge is 2.33. The number of hydrogen-bond acceptors (Lipinski definition) is 7. The normalized spacial score (nSPS) is 19.2. The van der Waals surface area contributed by atoms with Crippen molar-refractivity contribution in [1.29, 1.82) is 0 Å². The maximum Gasteiger partial charge on any atom is 0.260 e. The van der Waals surface area contributed by atoms with E-state index in [1.165, 1.54) is 0 Å². The molecule has 1 unspecified atom stereocenters. The number of nitrogens with zero attached hydrogens (tertiary/aromatic N) is 4. The van der Waals surface area contributed by atoms with Crippen molar-refractivity contribution in [1.82, 2.24) is 15.1 Å². The number of anilines is 1. The zero-order valence-corrected chi connectivity index (χ0v) is 17.9. The average molecular weight is 412 g/mol. The summed E-state index contributed by atoms with van der Waals surface area (Å²) in [5.41, 5.74) is 0.861. The van der Waals surface area contributed by atoms with E-state index in [1.54, 1.807) is 11.0 Å². The van der Waals surface area contributed by atoms with Gasteiger partial charge in [0, 0.05) is 45.1 Å². The van der Waals surface area contributed by atoms with Crippen molar-refractivity contribution in [2.45, 2.75) is 38.4 Å². The fourth-order valence-electron chi connectivity index (χ4n) is 3.77. The molecule has 1 fully saturated rings. The Hall–Kier alpha value is -3.03. The van der Waals surface area contributed by atoms with E-state index in [2.05, 4.69) is 10.2 Å². The lowest BCUT2D eigenvalue weighted by atomic mass is 10.0. The molecule has 0 bridgehead atoms. The Balaban J connectivity index is 1.29. The van der Waals surface area contributed by atoms with E-state index < -0.39 is 0 Å². The van der Waals surface area contributed by atoms with Gasteiger partial charge in [-0.05, 0) is 26.0 Å². The second-order valence-corrected chi connectivity index (χ2v) is 8.56. The second-order valence-electron chi connectivity index (χ2n) is 8.56. The molecule has 2 aromatic rings. The Morgan fingerprint density at radius 2 is 2.10 bits per heavy atom. The molecule has 8 heteroatoms. The van der Waals surface area contributed by atoms with Crippen LogP contribution in [0.4, 0.5) is 5.82 Å². The first kappa shape index (κ1) is 20.3. The summed E-state index contributed by atoms with van der Waals surface area (Å²) in [7, 11) is 3.81. The average Bonchev–Trinajstić information content (AvgIpc) is 3.29. The molecular formula is C22H28N4O4. The third-order valence-electron chi connectivity index (χ3n) is 5.28. The molecule has 160 valence electrons. The molecule has 1 atom stereocenters. The van der Waals surface area contributed by atoms with Crippen LogP contribution in [-0.2, 0) is 11.2 Å². The first-order valence-electron chi connectivity index (χ1n) is 10.2. The summed E-state index contributed by atoms with van der Waals surface area (Å²) in [4.78, 5) is 16.3. The van der Waals surface area contributed by atoms with E-state index in [1.807, 2.05) is 57.1 Å². The van der Waals surface area contributed by atoms with Gasteiger partial charge < -0.3 is 24.0 Å². The number of aromatic nitrogens is 2. The summed E-state index contributed by atoms with van der Waals surface area (Å²) < 4.78 is 17.7. The van der Waals surface area contributed by atoms with Gasteiger partial charge in [-0.15, -0.1) is 10.2 Å². The largest absolute Gasteiger partial charge is 0.483 e. The lowest BCUT2D eigenvalue weighted by Gasteiger charge is -2.19. The number of para-hydroxylation sites is 1. The zero-order valence-electron chi connectivity index (χ0n) is 17.9. The van der Waals surface area contributed by atoms with Crippen molar-refractivity contribution in [2.75, 3.05) is 38.7 Å². The molecule has 4 rings (SSSR count). The highest BCUT2D eigenvalue weighted by atomic mass is 16.5. The molecule has 1 amide bonds. The summed E-state index contributed by atoms with van der Waals surface area (Å²) in [6.45, 7) is 5.21. The highest BCUT2D eigenvalue weighted by Crippen LogP contribution is 2.41. The number of fused-ring (bicyclic) bond motifs is 1. The Labute approximate surface area is 176 Å². The predicted molar refractivity (Wildman–Crippen MR) is 112 cm³/mol. The third kappa shape index (κ3) is 4.42. The smallest absolute Gasteiger partial charge is 0.260 e. The molecule has 1 aromatic heterocycles. The van der Waals surface area contributed by atoms with Crippen molar-refractivity contribution in [2.24, 2.45) is 0 Å². The zero-order chi connectivity index (χ0) is 21.3. The topological polar surface area (TPSA) is 77.0 Å². The van der Waals surface area contributed by atoms with Crippen LogP contribution in [0.2, 0.25) is 0 Å². The van der Waals surface area contributed by atoms with Gasteiger partial charge in [-0.3, -0.25) is 4.79 Å². The van der Waals surface area contributed by atoms with Crippen molar-refractivity contribution in [3.8, 4) is 17.4 Å². The van der Waals surface area contributed by atoms with E-state index in [0.717, 1.165) is 30.0 Å². The van der Waals surface area contributed by atoms with Gasteiger partial charge in [0.1, 0.15) is 11.7 Å². The molecule has 30 heavy (non-hydrogen) atoms. The van der Waals surface area contributed by atoms with E-state index in [4.69, 9.17) is 14.2 Å². The van der Waals surface area contributed by atoms with Crippen LogP contribution in [0.3, 0.4) is 0 Å². The van der Waals surface area contributed by atoms with Crippen LogP contribution in [0.1, 0.15) is 25.8 Å². The summed E-state index contributed by atoms with van der Waals surface area (Å²) in [5.74, 6) is 2.54. The van der Waals surface area contributed by atoms with Crippen LogP contribution in [0.25, 0.3) is 0 Å². The van der Waals surface area contributed by atoms with Gasteiger partial charge in [-0.25, -0.2) is 0 Å².